The van der Waals surface area contributed by atoms with Gasteiger partial charge >= 0.3 is 0 Å². The molecule has 5 rings (SSSR count). The first-order valence-electron chi connectivity index (χ1n) is 11.5. The van der Waals surface area contributed by atoms with E-state index < -0.39 is 5.83 Å². The number of hydrogen-bond acceptors (Lipinski definition) is 5. The van der Waals surface area contributed by atoms with Crippen LogP contribution < -0.4 is 0 Å². The number of ketones is 1. The molecule has 0 bridgehead atoms. The van der Waals surface area contributed by atoms with Crippen molar-refractivity contribution in [3.05, 3.63) is 84.3 Å². The number of allylic oxidation sites excluding steroid dienone is 6. The van der Waals surface area contributed by atoms with Crippen LogP contribution in [0.25, 0.3) is 28.0 Å². The third-order valence-corrected chi connectivity index (χ3v) is 7.20. The van der Waals surface area contributed by atoms with E-state index in [-0.39, 0.29) is 34.7 Å². The topological polar surface area (TPSA) is 84.5 Å². The van der Waals surface area contributed by atoms with Crippen molar-refractivity contribution in [3.63, 3.8) is 0 Å². The summed E-state index contributed by atoms with van der Waals surface area (Å²) in [6.07, 6.45) is 9.28. The Morgan fingerprint density at radius 2 is 2.11 bits per heavy atom. The molecule has 3 atom stereocenters. The molecule has 2 aliphatic carbocycles. The highest BCUT2D eigenvalue weighted by Gasteiger charge is 2.42. The number of nitrogens with zero attached hydrogens (tertiary/aromatic N) is 5. The minimum absolute atomic E-state index is 0.0114. The van der Waals surface area contributed by atoms with Gasteiger partial charge in [0.25, 0.3) is 0 Å². The zero-order valence-corrected chi connectivity index (χ0v) is 19.6. The van der Waals surface area contributed by atoms with Gasteiger partial charge in [-0.05, 0) is 37.0 Å². The summed E-state index contributed by atoms with van der Waals surface area (Å²) >= 11 is 0. The summed E-state index contributed by atoms with van der Waals surface area (Å²) in [6, 6.07) is 5.86. The lowest BCUT2D eigenvalue weighted by molar-refractivity contribution is -0.120. The van der Waals surface area contributed by atoms with Gasteiger partial charge in [-0.2, -0.15) is 5.26 Å². The average molecular weight is 466 g/mol. The van der Waals surface area contributed by atoms with Crippen LogP contribution in [-0.2, 0) is 18.3 Å². The Kier molecular flexibility index (Phi) is 5.52. The largest absolute Gasteiger partial charge is 0.335 e. The number of halogens is 1. The van der Waals surface area contributed by atoms with E-state index in [4.69, 9.17) is 9.97 Å². The molecule has 0 aromatic carbocycles. The third-order valence-electron chi connectivity index (χ3n) is 7.20. The zero-order valence-electron chi connectivity index (χ0n) is 19.6. The summed E-state index contributed by atoms with van der Waals surface area (Å²) in [6.45, 7) is 9.27. The molecule has 0 radical (unpaired) electrons. The summed E-state index contributed by atoms with van der Waals surface area (Å²) in [7, 11) is 1.90. The lowest BCUT2D eigenvalue weighted by atomic mass is 9.66. The Morgan fingerprint density at radius 3 is 2.83 bits per heavy atom. The highest BCUT2D eigenvalue weighted by atomic mass is 19.1. The van der Waals surface area contributed by atoms with Crippen molar-refractivity contribution in [3.8, 4) is 17.5 Å². The number of rotatable bonds is 4. The van der Waals surface area contributed by atoms with Crippen molar-refractivity contribution in [2.75, 3.05) is 0 Å². The van der Waals surface area contributed by atoms with Gasteiger partial charge in [-0.15, -0.1) is 0 Å². The Bertz CT molecular complexity index is 1520. The van der Waals surface area contributed by atoms with Gasteiger partial charge in [-0.1, -0.05) is 32.2 Å². The molecule has 7 heteroatoms. The average Bonchev–Trinajstić information content (AvgIpc) is 3.22. The Hall–Kier alpha value is -4.18. The fourth-order valence-corrected chi connectivity index (χ4v) is 5.43. The molecule has 6 nitrogen and oxygen atoms in total. The number of carbonyl (C=O) groups excluding carboxylic acids is 1. The molecule has 2 aliphatic rings. The zero-order chi connectivity index (χ0) is 24.9. The van der Waals surface area contributed by atoms with Crippen LogP contribution in [0.3, 0.4) is 0 Å². The summed E-state index contributed by atoms with van der Waals surface area (Å²) in [4.78, 5) is 27.0. The second kappa shape index (κ2) is 8.55. The molecule has 3 unspecified atom stereocenters. The highest BCUT2D eigenvalue weighted by Crippen LogP contribution is 2.47. The first-order valence-corrected chi connectivity index (χ1v) is 11.5. The van der Waals surface area contributed by atoms with Gasteiger partial charge in [0.1, 0.15) is 17.5 Å². The van der Waals surface area contributed by atoms with Crippen LogP contribution in [0.4, 0.5) is 4.39 Å². The van der Waals surface area contributed by atoms with Gasteiger partial charge in [0, 0.05) is 53.4 Å². The van der Waals surface area contributed by atoms with Gasteiger partial charge in [0.15, 0.2) is 11.6 Å². The minimum Gasteiger partial charge on any atom is -0.335 e. The molecule has 0 spiro atoms. The van der Waals surface area contributed by atoms with Gasteiger partial charge < -0.3 is 4.57 Å². The van der Waals surface area contributed by atoms with Crippen molar-refractivity contribution < 1.29 is 9.18 Å². The van der Waals surface area contributed by atoms with E-state index in [1.54, 1.807) is 12.3 Å². The summed E-state index contributed by atoms with van der Waals surface area (Å²) in [5.41, 5.74) is 3.96. The van der Waals surface area contributed by atoms with E-state index in [1.165, 1.54) is 6.08 Å². The monoisotopic (exact) mass is 465 g/mol. The fraction of sp³-hybridized carbons (Fsp3) is 0.250. The van der Waals surface area contributed by atoms with Crippen molar-refractivity contribution in [2.45, 2.75) is 25.7 Å². The van der Waals surface area contributed by atoms with Crippen LogP contribution in [0.5, 0.6) is 0 Å². The molecular weight excluding hydrogens is 441 g/mol. The number of carbonyl (C=O) groups is 1. The second-order valence-electron chi connectivity index (χ2n) is 9.03. The summed E-state index contributed by atoms with van der Waals surface area (Å²) in [5, 5.41) is 10.5. The number of aromatic nitrogens is 4. The first kappa shape index (κ1) is 22.6. The number of aryl methyl sites for hydroxylation is 1. The SMILES string of the molecule is C=C/C(F)=C(\C=C)c1nc(-c2cn(C)c3ncccc23)nc2c1CCC1C(C)C(=O)C(C#N)=CC21. The molecule has 3 heterocycles. The first-order chi connectivity index (χ1) is 16.9. The summed E-state index contributed by atoms with van der Waals surface area (Å²) in [5.74, 6) is -0.739. The molecule has 35 heavy (non-hydrogen) atoms. The van der Waals surface area contributed by atoms with E-state index in [0.717, 1.165) is 33.9 Å². The van der Waals surface area contributed by atoms with Crippen LogP contribution >= 0.6 is 0 Å². The van der Waals surface area contributed by atoms with Crippen LogP contribution in [-0.4, -0.2) is 25.3 Å². The number of Topliss-reactive ketones (excluding diaryl/α,β-unsaturated/α-hetero) is 1. The molecule has 0 N–H and O–H groups in total. The number of nitriles is 1. The molecule has 0 aliphatic heterocycles. The minimum atomic E-state index is -0.519. The quantitative estimate of drug-likeness (QED) is 0.482. The van der Waals surface area contributed by atoms with E-state index in [2.05, 4.69) is 24.2 Å². The fourth-order valence-electron chi connectivity index (χ4n) is 5.43. The third kappa shape index (κ3) is 3.45. The standard InChI is InChI=1S/C28H24FN5O/c1-5-17(23(29)6-2)24-20-10-9-18-15(3)26(35)16(13-30)12-21(18)25(20)33-27(32-24)22-14-34(4)28-19(22)8-7-11-31-28/h5-8,11-12,14-15,18,21H,1-2,9-10H2,3-4H3/b23-17-. The van der Waals surface area contributed by atoms with Crippen molar-refractivity contribution >= 4 is 22.4 Å². The Morgan fingerprint density at radius 1 is 1.31 bits per heavy atom. The predicted molar refractivity (Wildman–Crippen MR) is 133 cm³/mol. The molecule has 0 fully saturated rings. The molecular formula is C28H24FN5O. The molecule has 3 aromatic heterocycles. The smallest absolute Gasteiger partial charge is 0.176 e. The maximum atomic E-state index is 14.9. The van der Waals surface area contributed by atoms with E-state index >= 15 is 0 Å². The normalized spacial score (nSPS) is 21.9. The molecule has 0 amide bonds. The molecule has 174 valence electrons. The highest BCUT2D eigenvalue weighted by molar-refractivity contribution is 6.02. The lowest BCUT2D eigenvalue weighted by Gasteiger charge is -2.38. The second-order valence-corrected chi connectivity index (χ2v) is 9.03. The Labute approximate surface area is 202 Å². The van der Waals surface area contributed by atoms with E-state index in [1.807, 2.05) is 36.9 Å². The van der Waals surface area contributed by atoms with Crippen LogP contribution in [0.2, 0.25) is 0 Å². The van der Waals surface area contributed by atoms with Crippen LogP contribution in [0, 0.1) is 23.2 Å². The number of fused-ring (bicyclic) bond motifs is 4. The van der Waals surface area contributed by atoms with Crippen molar-refractivity contribution in [1.29, 1.82) is 5.26 Å². The maximum absolute atomic E-state index is 14.9. The van der Waals surface area contributed by atoms with Gasteiger partial charge in [-0.3, -0.25) is 4.79 Å². The van der Waals surface area contributed by atoms with Crippen LogP contribution in [0.1, 0.15) is 36.2 Å². The molecule has 3 aromatic rings. The van der Waals surface area contributed by atoms with Crippen molar-refractivity contribution in [2.24, 2.45) is 18.9 Å². The van der Waals surface area contributed by atoms with Gasteiger partial charge in [0.05, 0.1) is 17.0 Å². The van der Waals surface area contributed by atoms with E-state index in [9.17, 15) is 14.4 Å². The molecule has 0 saturated carbocycles. The number of hydrogen-bond donors (Lipinski definition) is 0. The summed E-state index contributed by atoms with van der Waals surface area (Å²) < 4.78 is 16.8. The maximum Gasteiger partial charge on any atom is 0.176 e. The van der Waals surface area contributed by atoms with Gasteiger partial charge in [0.2, 0.25) is 0 Å². The van der Waals surface area contributed by atoms with Gasteiger partial charge in [-0.25, -0.2) is 19.3 Å². The van der Waals surface area contributed by atoms with Crippen LogP contribution in [0.15, 0.2) is 67.3 Å². The van der Waals surface area contributed by atoms with Crippen molar-refractivity contribution in [1.82, 2.24) is 19.5 Å². The molecule has 0 saturated heterocycles. The lowest BCUT2D eigenvalue weighted by Crippen LogP contribution is -2.35. The van der Waals surface area contributed by atoms with E-state index in [0.29, 0.717) is 24.4 Å². The Balaban J connectivity index is 1.84. The number of pyridine rings is 1. The predicted octanol–water partition coefficient (Wildman–Crippen LogP) is 5.40.